The maximum Gasteiger partial charge on any atom is 0.253 e. The van der Waals surface area contributed by atoms with Crippen molar-refractivity contribution in [2.45, 2.75) is 12.8 Å². The largest absolute Gasteiger partial charge is 0.399 e. The predicted molar refractivity (Wildman–Crippen MR) is 83.2 cm³/mol. The Morgan fingerprint density at radius 3 is 2.43 bits per heavy atom. The van der Waals surface area contributed by atoms with Crippen LogP contribution < -0.4 is 21.3 Å². The van der Waals surface area contributed by atoms with Gasteiger partial charge in [-0.15, -0.1) is 0 Å². The lowest BCUT2D eigenvalue weighted by Gasteiger charge is -2.34. The van der Waals surface area contributed by atoms with Gasteiger partial charge in [0.2, 0.25) is 5.91 Å². The van der Waals surface area contributed by atoms with E-state index < -0.39 is 0 Å². The zero-order valence-electron chi connectivity index (χ0n) is 12.5. The van der Waals surface area contributed by atoms with Crippen molar-refractivity contribution in [1.29, 1.82) is 0 Å². The Balaban J connectivity index is 2.18. The summed E-state index contributed by atoms with van der Waals surface area (Å²) >= 11 is 0. The highest BCUT2D eigenvalue weighted by molar-refractivity contribution is 6.00. The molecule has 1 aromatic rings. The molecule has 0 saturated carbocycles. The first-order valence-corrected chi connectivity index (χ1v) is 7.15. The number of anilines is 2. The second kappa shape index (κ2) is 6.47. The van der Waals surface area contributed by atoms with E-state index in [9.17, 15) is 9.59 Å². The average Bonchev–Trinajstić information content (AvgIpc) is 2.53. The molecule has 1 heterocycles. The molecule has 0 unspecified atom stereocenters. The van der Waals surface area contributed by atoms with Crippen molar-refractivity contribution >= 4 is 23.2 Å². The molecule has 1 fully saturated rings. The minimum atomic E-state index is -0.126. The monoisotopic (exact) mass is 290 g/mol. The molecule has 1 aliphatic heterocycles. The van der Waals surface area contributed by atoms with Gasteiger partial charge in [-0.2, -0.15) is 0 Å². The molecular formula is C15H22N4O2. The lowest BCUT2D eigenvalue weighted by atomic mass is 9.95. The highest BCUT2D eigenvalue weighted by Crippen LogP contribution is 2.28. The number of rotatable bonds is 3. The third-order valence-corrected chi connectivity index (χ3v) is 3.95. The van der Waals surface area contributed by atoms with E-state index in [4.69, 9.17) is 5.73 Å². The molecule has 0 aliphatic carbocycles. The smallest absolute Gasteiger partial charge is 0.253 e. The fourth-order valence-electron chi connectivity index (χ4n) is 2.72. The lowest BCUT2D eigenvalue weighted by Crippen LogP contribution is -2.40. The first-order valence-electron chi connectivity index (χ1n) is 7.15. The van der Waals surface area contributed by atoms with Crippen LogP contribution in [0, 0.1) is 5.92 Å². The Kier molecular flexibility index (Phi) is 4.67. The van der Waals surface area contributed by atoms with Crippen LogP contribution in [-0.2, 0) is 4.79 Å². The summed E-state index contributed by atoms with van der Waals surface area (Å²) in [7, 11) is 3.27. The van der Waals surface area contributed by atoms with Crippen molar-refractivity contribution < 1.29 is 9.59 Å². The van der Waals surface area contributed by atoms with Crippen LogP contribution in [0.1, 0.15) is 23.2 Å². The van der Waals surface area contributed by atoms with Crippen LogP contribution in [0.4, 0.5) is 11.4 Å². The summed E-state index contributed by atoms with van der Waals surface area (Å²) < 4.78 is 0. The van der Waals surface area contributed by atoms with Gasteiger partial charge in [-0.1, -0.05) is 0 Å². The van der Waals surface area contributed by atoms with E-state index in [1.54, 1.807) is 26.2 Å². The van der Waals surface area contributed by atoms with Gasteiger partial charge in [0.15, 0.2) is 0 Å². The summed E-state index contributed by atoms with van der Waals surface area (Å²) in [5, 5.41) is 5.34. The number of carbonyl (C=O) groups excluding carboxylic acids is 2. The van der Waals surface area contributed by atoms with E-state index in [1.807, 2.05) is 6.07 Å². The molecule has 6 heteroatoms. The van der Waals surface area contributed by atoms with Gasteiger partial charge >= 0.3 is 0 Å². The van der Waals surface area contributed by atoms with Crippen molar-refractivity contribution in [3.05, 3.63) is 23.8 Å². The normalized spacial score (nSPS) is 15.6. The second-order valence-corrected chi connectivity index (χ2v) is 5.23. The first-order chi connectivity index (χ1) is 10.1. The van der Waals surface area contributed by atoms with Gasteiger partial charge in [-0.25, -0.2) is 0 Å². The number of nitrogen functional groups attached to an aromatic ring is 1. The van der Waals surface area contributed by atoms with E-state index in [0.29, 0.717) is 11.3 Å². The van der Waals surface area contributed by atoms with Crippen LogP contribution >= 0.6 is 0 Å². The maximum atomic E-state index is 12.0. The molecule has 1 saturated heterocycles. The fourth-order valence-corrected chi connectivity index (χ4v) is 2.72. The molecule has 0 aromatic heterocycles. The average molecular weight is 290 g/mol. The summed E-state index contributed by atoms with van der Waals surface area (Å²) in [6.45, 7) is 1.48. The van der Waals surface area contributed by atoms with Crippen molar-refractivity contribution in [3.8, 4) is 0 Å². The van der Waals surface area contributed by atoms with Crippen LogP contribution in [0.25, 0.3) is 0 Å². The predicted octanol–water partition coefficient (Wildman–Crippen LogP) is 0.591. The zero-order valence-corrected chi connectivity index (χ0v) is 12.5. The second-order valence-electron chi connectivity index (χ2n) is 5.23. The number of nitrogens with one attached hydrogen (secondary N) is 2. The number of carbonyl (C=O) groups is 2. The highest BCUT2D eigenvalue weighted by atomic mass is 16.2. The molecular weight excluding hydrogens is 268 g/mol. The van der Waals surface area contributed by atoms with Crippen LogP contribution in [-0.4, -0.2) is 39.0 Å². The van der Waals surface area contributed by atoms with Crippen molar-refractivity contribution in [2.75, 3.05) is 37.8 Å². The number of hydrogen-bond acceptors (Lipinski definition) is 4. The Labute approximate surface area is 124 Å². The minimum Gasteiger partial charge on any atom is -0.399 e. The molecule has 0 spiro atoms. The molecule has 0 atom stereocenters. The first kappa shape index (κ1) is 15.2. The van der Waals surface area contributed by atoms with Crippen molar-refractivity contribution in [2.24, 2.45) is 5.92 Å². The third kappa shape index (κ3) is 3.26. The Morgan fingerprint density at radius 1 is 1.19 bits per heavy atom. The van der Waals surface area contributed by atoms with Gasteiger partial charge in [-0.05, 0) is 31.0 Å². The van der Waals surface area contributed by atoms with Gasteiger partial charge in [0, 0.05) is 38.8 Å². The third-order valence-electron chi connectivity index (χ3n) is 3.95. The SMILES string of the molecule is CNC(=O)c1ccc(N)cc1N1CCC(C(=O)NC)CC1. The van der Waals surface area contributed by atoms with Crippen molar-refractivity contribution in [3.63, 3.8) is 0 Å². The van der Waals surface area contributed by atoms with Gasteiger partial charge in [0.25, 0.3) is 5.91 Å². The number of nitrogens with two attached hydrogens (primary N) is 1. The zero-order chi connectivity index (χ0) is 15.4. The standard InChI is InChI=1S/C15H22N4O2/c1-17-14(20)10-5-7-19(8-6-10)13-9-11(16)3-4-12(13)15(21)18-2/h3-4,9-10H,5-8,16H2,1-2H3,(H,17,20)(H,18,21). The van der Waals surface area contributed by atoms with Crippen LogP contribution in [0.3, 0.4) is 0 Å². The maximum absolute atomic E-state index is 12.0. The molecule has 2 rings (SSSR count). The summed E-state index contributed by atoms with van der Waals surface area (Å²) in [5.74, 6) is 0.0166. The number of nitrogens with zero attached hydrogens (tertiary/aromatic N) is 1. The van der Waals surface area contributed by atoms with E-state index in [0.717, 1.165) is 31.6 Å². The number of benzene rings is 1. The Morgan fingerprint density at radius 2 is 1.86 bits per heavy atom. The van der Waals surface area contributed by atoms with Crippen molar-refractivity contribution in [1.82, 2.24) is 10.6 Å². The van der Waals surface area contributed by atoms with Gasteiger partial charge in [-0.3, -0.25) is 9.59 Å². The van der Waals surface area contributed by atoms with E-state index in [1.165, 1.54) is 0 Å². The molecule has 2 amide bonds. The number of piperidine rings is 1. The highest BCUT2D eigenvalue weighted by Gasteiger charge is 2.26. The molecule has 1 aliphatic rings. The van der Waals surface area contributed by atoms with Crippen LogP contribution in [0.2, 0.25) is 0 Å². The van der Waals surface area contributed by atoms with Crippen LogP contribution in [0.5, 0.6) is 0 Å². The molecule has 1 aromatic carbocycles. The lowest BCUT2D eigenvalue weighted by molar-refractivity contribution is -0.125. The number of amides is 2. The number of hydrogen-bond donors (Lipinski definition) is 3. The summed E-state index contributed by atoms with van der Waals surface area (Å²) in [5.41, 5.74) is 7.93. The summed E-state index contributed by atoms with van der Waals surface area (Å²) in [4.78, 5) is 25.8. The Hall–Kier alpha value is -2.24. The Bertz CT molecular complexity index is 536. The molecule has 4 N–H and O–H groups in total. The quantitative estimate of drug-likeness (QED) is 0.711. The van der Waals surface area contributed by atoms with E-state index in [2.05, 4.69) is 15.5 Å². The minimum absolute atomic E-state index is 0.0516. The van der Waals surface area contributed by atoms with Crippen LogP contribution in [0.15, 0.2) is 18.2 Å². The molecule has 0 bridgehead atoms. The van der Waals surface area contributed by atoms with Gasteiger partial charge < -0.3 is 21.3 Å². The molecule has 6 nitrogen and oxygen atoms in total. The van der Waals surface area contributed by atoms with Gasteiger partial charge in [0.1, 0.15) is 0 Å². The molecule has 114 valence electrons. The topological polar surface area (TPSA) is 87.5 Å². The summed E-state index contributed by atoms with van der Waals surface area (Å²) in [6, 6.07) is 5.30. The fraction of sp³-hybridized carbons (Fsp3) is 0.467. The van der Waals surface area contributed by atoms with E-state index >= 15 is 0 Å². The molecule has 21 heavy (non-hydrogen) atoms. The molecule has 0 radical (unpaired) electrons. The summed E-state index contributed by atoms with van der Waals surface area (Å²) in [6.07, 6.45) is 1.56. The van der Waals surface area contributed by atoms with Gasteiger partial charge in [0.05, 0.1) is 11.3 Å². The van der Waals surface area contributed by atoms with E-state index in [-0.39, 0.29) is 17.7 Å².